The quantitative estimate of drug-likeness (QED) is 0.614. The first-order valence-corrected chi connectivity index (χ1v) is 10.6. The number of hydrogen-bond acceptors (Lipinski definition) is 7. The van der Waals surface area contributed by atoms with Gasteiger partial charge in [0.05, 0.1) is 18.8 Å². The van der Waals surface area contributed by atoms with Crippen molar-refractivity contribution in [3.8, 4) is 22.8 Å². The van der Waals surface area contributed by atoms with Crippen LogP contribution in [0.15, 0.2) is 59.9 Å². The monoisotopic (exact) mass is 444 g/mol. The van der Waals surface area contributed by atoms with Crippen molar-refractivity contribution in [2.24, 2.45) is 16.1 Å². The van der Waals surface area contributed by atoms with E-state index in [2.05, 4.69) is 23.0 Å². The lowest BCUT2D eigenvalue weighted by atomic mass is 9.81. The molecule has 2 aromatic heterocycles. The number of halogens is 1. The van der Waals surface area contributed by atoms with Gasteiger partial charge in [0.25, 0.3) is 6.02 Å². The van der Waals surface area contributed by atoms with Crippen LogP contribution in [0.5, 0.6) is 11.6 Å². The molecule has 3 aliphatic rings. The van der Waals surface area contributed by atoms with Gasteiger partial charge in [-0.1, -0.05) is 25.1 Å². The molecule has 0 aliphatic carbocycles. The van der Waals surface area contributed by atoms with E-state index in [1.807, 2.05) is 18.2 Å². The smallest absolute Gasteiger partial charge is 0.283 e. The van der Waals surface area contributed by atoms with Crippen LogP contribution in [0.1, 0.15) is 23.6 Å². The van der Waals surface area contributed by atoms with E-state index in [-0.39, 0.29) is 18.0 Å². The largest absolute Gasteiger partial charge is 0.462 e. The summed E-state index contributed by atoms with van der Waals surface area (Å²) in [5, 5.41) is 0. The van der Waals surface area contributed by atoms with Crippen LogP contribution in [-0.4, -0.2) is 35.8 Å². The van der Waals surface area contributed by atoms with Crippen molar-refractivity contribution >= 4 is 12.1 Å². The predicted molar refractivity (Wildman–Crippen MR) is 120 cm³/mol. The van der Waals surface area contributed by atoms with Gasteiger partial charge in [0.1, 0.15) is 12.4 Å². The highest BCUT2D eigenvalue weighted by Gasteiger charge is 2.48. The van der Waals surface area contributed by atoms with Gasteiger partial charge < -0.3 is 19.9 Å². The van der Waals surface area contributed by atoms with E-state index in [9.17, 15) is 4.39 Å². The summed E-state index contributed by atoms with van der Waals surface area (Å²) in [6.45, 7) is 3.74. The zero-order chi connectivity index (χ0) is 22.6. The van der Waals surface area contributed by atoms with Crippen LogP contribution in [0, 0.1) is 11.4 Å². The predicted octanol–water partition coefficient (Wildman–Crippen LogP) is 4.03. The molecule has 6 rings (SSSR count). The van der Waals surface area contributed by atoms with Crippen molar-refractivity contribution in [3.63, 3.8) is 0 Å². The first kappa shape index (κ1) is 19.9. The maximum absolute atomic E-state index is 14.4. The number of ether oxygens (including phenoxy) is 3. The summed E-state index contributed by atoms with van der Waals surface area (Å²) in [5.41, 5.74) is 8.50. The standard InChI is InChI=1S/C25H21FN4O3/c1-24(12-31-13-24)7-6-15-9-19-22(29-11-15)33-20-5-4-16(17-3-2-8-28-21(17)26)10-18(20)25(19)14-32-23(27)30-25/h2-11H,12-14H2,1H3,(H2,27,30)/b7-6+/t25-/m0/s1. The van der Waals surface area contributed by atoms with Crippen molar-refractivity contribution in [2.75, 3.05) is 19.8 Å². The normalized spacial score (nSPS) is 22.2. The Balaban J connectivity index is 1.48. The minimum absolute atomic E-state index is 0.0262. The fourth-order valence-corrected chi connectivity index (χ4v) is 4.42. The fourth-order valence-electron chi connectivity index (χ4n) is 4.42. The number of amidine groups is 1. The second-order valence-electron chi connectivity index (χ2n) is 8.86. The molecule has 1 spiro atoms. The lowest BCUT2D eigenvalue weighted by Gasteiger charge is -2.35. The molecule has 1 atom stereocenters. The number of fused-ring (bicyclic) bond motifs is 4. The number of benzene rings is 1. The first-order valence-electron chi connectivity index (χ1n) is 10.6. The van der Waals surface area contributed by atoms with Gasteiger partial charge in [0.2, 0.25) is 11.8 Å². The minimum atomic E-state index is -0.942. The summed E-state index contributed by atoms with van der Waals surface area (Å²) < 4.78 is 31.5. The Morgan fingerprint density at radius 1 is 1.09 bits per heavy atom. The van der Waals surface area contributed by atoms with Crippen molar-refractivity contribution in [3.05, 3.63) is 77.5 Å². The topological polar surface area (TPSA) is 91.9 Å². The van der Waals surface area contributed by atoms with Gasteiger partial charge in [0.15, 0.2) is 5.54 Å². The minimum Gasteiger partial charge on any atom is -0.462 e. The van der Waals surface area contributed by atoms with Crippen LogP contribution in [-0.2, 0) is 15.0 Å². The molecular weight excluding hydrogens is 423 g/mol. The zero-order valence-corrected chi connectivity index (χ0v) is 17.9. The van der Waals surface area contributed by atoms with E-state index in [0.717, 1.165) is 16.7 Å². The van der Waals surface area contributed by atoms with Crippen molar-refractivity contribution < 1.29 is 18.6 Å². The molecule has 3 aromatic rings. The SMILES string of the molecule is CC1(/C=C/c2cnc3c(c2)[C@]2(COC(N)=N2)c2cc(-c4cccnc4F)ccc2O3)COC1. The highest BCUT2D eigenvalue weighted by atomic mass is 19.1. The van der Waals surface area contributed by atoms with Crippen molar-refractivity contribution in [1.82, 2.24) is 9.97 Å². The van der Waals surface area contributed by atoms with Crippen LogP contribution >= 0.6 is 0 Å². The zero-order valence-electron chi connectivity index (χ0n) is 17.9. The van der Waals surface area contributed by atoms with Crippen LogP contribution < -0.4 is 10.5 Å². The van der Waals surface area contributed by atoms with Gasteiger partial charge >= 0.3 is 0 Å². The number of nitrogens with two attached hydrogens (primary N) is 1. The molecular formula is C25H21FN4O3. The molecule has 0 saturated carbocycles. The Morgan fingerprint density at radius 2 is 1.97 bits per heavy atom. The number of aliphatic imine (C=N–C) groups is 1. The molecule has 3 aliphatic heterocycles. The van der Waals surface area contributed by atoms with Gasteiger partial charge in [-0.3, -0.25) is 0 Å². The Kier molecular flexibility index (Phi) is 4.28. The molecule has 1 fully saturated rings. The molecule has 166 valence electrons. The van der Waals surface area contributed by atoms with Gasteiger partial charge in [-0.2, -0.15) is 4.39 Å². The molecule has 5 heterocycles. The van der Waals surface area contributed by atoms with E-state index in [4.69, 9.17) is 24.9 Å². The lowest BCUT2D eigenvalue weighted by Crippen LogP contribution is -2.37. The third kappa shape index (κ3) is 3.17. The fraction of sp³-hybridized carbons (Fsp3) is 0.240. The molecule has 8 heteroatoms. The second kappa shape index (κ2) is 7.11. The summed E-state index contributed by atoms with van der Waals surface area (Å²) in [4.78, 5) is 13.0. The molecule has 1 aromatic carbocycles. The average Bonchev–Trinajstić information content (AvgIpc) is 3.19. The van der Waals surface area contributed by atoms with E-state index < -0.39 is 11.5 Å². The summed E-state index contributed by atoms with van der Waals surface area (Å²) in [7, 11) is 0. The maximum atomic E-state index is 14.4. The van der Waals surface area contributed by atoms with E-state index in [1.54, 1.807) is 30.5 Å². The van der Waals surface area contributed by atoms with E-state index in [1.165, 1.54) is 6.20 Å². The third-order valence-electron chi connectivity index (χ3n) is 6.29. The number of hydrogen-bond donors (Lipinski definition) is 1. The summed E-state index contributed by atoms with van der Waals surface area (Å²) in [6, 6.07) is 10.9. The van der Waals surface area contributed by atoms with Gasteiger partial charge in [0, 0.05) is 28.9 Å². The van der Waals surface area contributed by atoms with Crippen LogP contribution in [0.4, 0.5) is 4.39 Å². The average molecular weight is 444 g/mol. The molecule has 0 unspecified atom stereocenters. The van der Waals surface area contributed by atoms with Crippen LogP contribution in [0.2, 0.25) is 0 Å². The highest BCUT2D eigenvalue weighted by molar-refractivity contribution is 5.78. The van der Waals surface area contributed by atoms with Gasteiger partial charge in [-0.15, -0.1) is 0 Å². The van der Waals surface area contributed by atoms with Crippen LogP contribution in [0.3, 0.4) is 0 Å². The van der Waals surface area contributed by atoms with Gasteiger partial charge in [-0.05, 0) is 41.5 Å². The molecule has 2 N–H and O–H groups in total. The molecule has 0 bridgehead atoms. The lowest BCUT2D eigenvalue weighted by molar-refractivity contribution is -0.0703. The number of rotatable bonds is 3. The van der Waals surface area contributed by atoms with E-state index >= 15 is 0 Å². The molecule has 7 nitrogen and oxygen atoms in total. The number of pyridine rings is 2. The highest BCUT2D eigenvalue weighted by Crippen LogP contribution is 2.51. The Bertz CT molecular complexity index is 1330. The second-order valence-corrected chi connectivity index (χ2v) is 8.86. The van der Waals surface area contributed by atoms with Crippen molar-refractivity contribution in [2.45, 2.75) is 12.5 Å². The molecule has 33 heavy (non-hydrogen) atoms. The third-order valence-corrected chi connectivity index (χ3v) is 6.29. The first-order chi connectivity index (χ1) is 16.0. The number of aromatic nitrogens is 2. The Labute approximate surface area is 189 Å². The summed E-state index contributed by atoms with van der Waals surface area (Å²) >= 11 is 0. The molecule has 0 amide bonds. The summed E-state index contributed by atoms with van der Waals surface area (Å²) in [5.74, 6) is 0.476. The molecule has 1 saturated heterocycles. The summed E-state index contributed by atoms with van der Waals surface area (Å²) in [6.07, 6.45) is 7.35. The Hall–Kier alpha value is -3.78. The Morgan fingerprint density at radius 3 is 2.70 bits per heavy atom. The maximum Gasteiger partial charge on any atom is 0.283 e. The van der Waals surface area contributed by atoms with Crippen molar-refractivity contribution in [1.29, 1.82) is 0 Å². The number of nitrogens with zero attached hydrogens (tertiary/aromatic N) is 3. The molecule has 0 radical (unpaired) electrons. The van der Waals surface area contributed by atoms with E-state index in [0.29, 0.717) is 36.0 Å². The van der Waals surface area contributed by atoms with Gasteiger partial charge in [-0.25, -0.2) is 15.0 Å². The van der Waals surface area contributed by atoms with Crippen LogP contribution in [0.25, 0.3) is 17.2 Å².